The van der Waals surface area contributed by atoms with E-state index in [2.05, 4.69) is 10.6 Å². The predicted molar refractivity (Wildman–Crippen MR) is 81.9 cm³/mol. The van der Waals surface area contributed by atoms with Crippen LogP contribution >= 0.6 is 11.3 Å². The van der Waals surface area contributed by atoms with Crippen LogP contribution in [0.25, 0.3) is 0 Å². The van der Waals surface area contributed by atoms with Crippen LogP contribution in [0.4, 0.5) is 20.2 Å². The number of anilines is 2. The number of nitrogens with one attached hydrogen (secondary N) is 2. The number of aryl methyl sites for hydroxylation is 1. The Hall–Kier alpha value is -2.28. The summed E-state index contributed by atoms with van der Waals surface area (Å²) in [5, 5.41) is 8.70. The fraction of sp³-hybridized carbons (Fsp3) is 0.200. The van der Waals surface area contributed by atoms with Gasteiger partial charge in [0.1, 0.15) is 0 Å². The first kappa shape index (κ1) is 16.1. The number of hydrogen-bond acceptors (Lipinski definition) is 3. The summed E-state index contributed by atoms with van der Waals surface area (Å²) in [6, 6.07) is 3.60. The van der Waals surface area contributed by atoms with Crippen molar-refractivity contribution < 1.29 is 18.4 Å². The predicted octanol–water partition coefficient (Wildman–Crippen LogP) is 3.56. The molecule has 116 valence electrons. The molecular weight excluding hydrogens is 310 g/mol. The SMILES string of the molecule is CC(=O)Nc1cc(F)c(F)cc1NC(=O)CCc1ccsc1. The zero-order chi connectivity index (χ0) is 16.1. The Labute approximate surface area is 130 Å². The minimum atomic E-state index is -1.10. The van der Waals surface area contributed by atoms with Crippen molar-refractivity contribution in [1.82, 2.24) is 0 Å². The van der Waals surface area contributed by atoms with Crippen LogP contribution < -0.4 is 10.6 Å². The quantitative estimate of drug-likeness (QED) is 0.883. The minimum absolute atomic E-state index is 0.0234. The van der Waals surface area contributed by atoms with Crippen molar-refractivity contribution in [1.29, 1.82) is 0 Å². The highest BCUT2D eigenvalue weighted by molar-refractivity contribution is 7.07. The van der Waals surface area contributed by atoms with Crippen LogP contribution in [0, 0.1) is 11.6 Å². The first-order valence-electron chi connectivity index (χ1n) is 6.53. The molecule has 22 heavy (non-hydrogen) atoms. The lowest BCUT2D eigenvalue weighted by molar-refractivity contribution is -0.116. The molecule has 0 spiro atoms. The summed E-state index contributed by atoms with van der Waals surface area (Å²) in [4.78, 5) is 23.0. The number of thiophene rings is 1. The van der Waals surface area contributed by atoms with Crippen LogP contribution in [0.5, 0.6) is 0 Å². The molecule has 0 fully saturated rings. The molecule has 0 unspecified atom stereocenters. The van der Waals surface area contributed by atoms with E-state index in [4.69, 9.17) is 0 Å². The van der Waals surface area contributed by atoms with Gasteiger partial charge in [-0.3, -0.25) is 9.59 Å². The number of carbonyl (C=O) groups is 2. The Morgan fingerprint density at radius 3 is 2.32 bits per heavy atom. The summed E-state index contributed by atoms with van der Waals surface area (Å²) in [5.74, 6) is -2.98. The topological polar surface area (TPSA) is 58.2 Å². The second-order valence-corrected chi connectivity index (χ2v) is 5.45. The Kier molecular flexibility index (Phi) is 5.21. The minimum Gasteiger partial charge on any atom is -0.324 e. The third kappa shape index (κ3) is 4.36. The van der Waals surface area contributed by atoms with Crippen molar-refractivity contribution in [2.75, 3.05) is 10.6 Å². The Morgan fingerprint density at radius 1 is 1.14 bits per heavy atom. The van der Waals surface area contributed by atoms with Crippen LogP contribution in [0.15, 0.2) is 29.0 Å². The van der Waals surface area contributed by atoms with Gasteiger partial charge in [-0.05, 0) is 28.8 Å². The van der Waals surface area contributed by atoms with Crippen LogP contribution in [0.2, 0.25) is 0 Å². The van der Waals surface area contributed by atoms with E-state index in [1.54, 1.807) is 0 Å². The highest BCUT2D eigenvalue weighted by Gasteiger charge is 2.13. The number of rotatable bonds is 5. The average molecular weight is 324 g/mol. The van der Waals surface area contributed by atoms with E-state index < -0.39 is 17.5 Å². The van der Waals surface area contributed by atoms with E-state index in [1.807, 2.05) is 16.8 Å². The number of carbonyl (C=O) groups excluding carboxylic acids is 2. The van der Waals surface area contributed by atoms with Crippen LogP contribution in [-0.4, -0.2) is 11.8 Å². The molecule has 1 heterocycles. The molecule has 0 saturated heterocycles. The second-order valence-electron chi connectivity index (χ2n) is 4.67. The molecule has 0 saturated carbocycles. The molecule has 0 aliphatic carbocycles. The molecule has 4 nitrogen and oxygen atoms in total. The van der Waals surface area contributed by atoms with Crippen molar-refractivity contribution in [3.63, 3.8) is 0 Å². The molecule has 2 rings (SSSR count). The highest BCUT2D eigenvalue weighted by Crippen LogP contribution is 2.25. The van der Waals surface area contributed by atoms with Gasteiger partial charge in [-0.1, -0.05) is 0 Å². The lowest BCUT2D eigenvalue weighted by atomic mass is 10.2. The summed E-state index contributed by atoms with van der Waals surface area (Å²) in [6.45, 7) is 1.24. The number of hydrogen-bond donors (Lipinski definition) is 2. The average Bonchev–Trinajstić information content (AvgIpc) is 2.95. The van der Waals surface area contributed by atoms with E-state index in [-0.39, 0.29) is 23.7 Å². The largest absolute Gasteiger partial charge is 0.324 e. The fourth-order valence-electron chi connectivity index (χ4n) is 1.85. The van der Waals surface area contributed by atoms with Gasteiger partial charge in [0.05, 0.1) is 11.4 Å². The van der Waals surface area contributed by atoms with E-state index in [0.717, 1.165) is 17.7 Å². The summed E-state index contributed by atoms with van der Waals surface area (Å²) in [6.07, 6.45) is 0.754. The fourth-order valence-corrected chi connectivity index (χ4v) is 2.55. The summed E-state index contributed by atoms with van der Waals surface area (Å²) < 4.78 is 26.6. The molecule has 0 aliphatic heterocycles. The van der Waals surface area contributed by atoms with Crippen molar-refractivity contribution >= 4 is 34.5 Å². The van der Waals surface area contributed by atoms with Gasteiger partial charge in [-0.25, -0.2) is 8.78 Å². The standard InChI is InChI=1S/C15H14F2N2O2S/c1-9(20)18-13-6-11(16)12(17)7-14(13)19-15(21)3-2-10-4-5-22-8-10/h4-8H,2-3H2,1H3,(H,18,20)(H,19,21). The first-order chi connectivity index (χ1) is 10.5. The van der Waals surface area contributed by atoms with Gasteiger partial charge in [-0.15, -0.1) is 0 Å². The normalized spacial score (nSPS) is 10.3. The lowest BCUT2D eigenvalue weighted by Crippen LogP contribution is -2.16. The number of amides is 2. The van der Waals surface area contributed by atoms with E-state index in [9.17, 15) is 18.4 Å². The van der Waals surface area contributed by atoms with Crippen molar-refractivity contribution in [3.8, 4) is 0 Å². The summed E-state index contributed by atoms with van der Waals surface area (Å²) >= 11 is 1.54. The zero-order valence-electron chi connectivity index (χ0n) is 11.8. The van der Waals surface area contributed by atoms with E-state index in [1.165, 1.54) is 18.3 Å². The lowest BCUT2D eigenvalue weighted by Gasteiger charge is -2.12. The molecule has 2 N–H and O–H groups in total. The molecule has 2 aromatic rings. The van der Waals surface area contributed by atoms with Crippen LogP contribution in [0.3, 0.4) is 0 Å². The second kappa shape index (κ2) is 7.13. The molecule has 0 radical (unpaired) electrons. The Bertz CT molecular complexity index is 687. The maximum atomic E-state index is 13.3. The summed E-state index contributed by atoms with van der Waals surface area (Å²) in [7, 11) is 0. The van der Waals surface area contributed by atoms with Crippen molar-refractivity contribution in [3.05, 3.63) is 46.2 Å². The highest BCUT2D eigenvalue weighted by atomic mass is 32.1. The van der Waals surface area contributed by atoms with Crippen molar-refractivity contribution in [2.45, 2.75) is 19.8 Å². The third-order valence-electron chi connectivity index (χ3n) is 2.87. The molecule has 0 atom stereocenters. The third-order valence-corrected chi connectivity index (χ3v) is 3.60. The maximum Gasteiger partial charge on any atom is 0.224 e. The number of halogens is 2. The smallest absolute Gasteiger partial charge is 0.224 e. The van der Waals surface area contributed by atoms with Gasteiger partial charge in [0.2, 0.25) is 11.8 Å². The zero-order valence-corrected chi connectivity index (χ0v) is 12.6. The monoisotopic (exact) mass is 324 g/mol. The molecule has 2 amide bonds. The van der Waals surface area contributed by atoms with E-state index >= 15 is 0 Å². The van der Waals surface area contributed by atoms with Gasteiger partial charge in [0.15, 0.2) is 11.6 Å². The maximum absolute atomic E-state index is 13.3. The first-order valence-corrected chi connectivity index (χ1v) is 7.47. The Morgan fingerprint density at radius 2 is 1.77 bits per heavy atom. The van der Waals surface area contributed by atoms with Gasteiger partial charge in [-0.2, -0.15) is 11.3 Å². The molecule has 0 aliphatic rings. The Balaban J connectivity index is 2.08. The van der Waals surface area contributed by atoms with Gasteiger partial charge in [0, 0.05) is 25.5 Å². The van der Waals surface area contributed by atoms with Gasteiger partial charge in [0.25, 0.3) is 0 Å². The number of benzene rings is 1. The molecular formula is C15H14F2N2O2S. The summed E-state index contributed by atoms with van der Waals surface area (Å²) in [5.41, 5.74) is 1.09. The molecule has 7 heteroatoms. The van der Waals surface area contributed by atoms with Crippen molar-refractivity contribution in [2.24, 2.45) is 0 Å². The van der Waals surface area contributed by atoms with Crippen LogP contribution in [-0.2, 0) is 16.0 Å². The van der Waals surface area contributed by atoms with Crippen LogP contribution in [0.1, 0.15) is 18.9 Å². The molecule has 1 aromatic heterocycles. The van der Waals surface area contributed by atoms with Gasteiger partial charge >= 0.3 is 0 Å². The molecule has 0 bridgehead atoms. The molecule has 1 aromatic carbocycles. The van der Waals surface area contributed by atoms with E-state index in [0.29, 0.717) is 6.42 Å². The van der Waals surface area contributed by atoms with Gasteiger partial charge < -0.3 is 10.6 Å².